The fourth-order valence-electron chi connectivity index (χ4n) is 8.59. The van der Waals surface area contributed by atoms with Gasteiger partial charge in [0.05, 0.1) is 28.1 Å². The van der Waals surface area contributed by atoms with E-state index in [9.17, 15) is 0 Å². The predicted molar refractivity (Wildman–Crippen MR) is 231 cm³/mol. The molecule has 2 aromatic heterocycles. The minimum atomic E-state index is 0.876. The molecule has 0 bridgehead atoms. The van der Waals surface area contributed by atoms with Crippen molar-refractivity contribution in [2.45, 2.75) is 0 Å². The Morgan fingerprint density at radius 3 is 1.91 bits per heavy atom. The smallest absolute Gasteiger partial charge is 0.135 e. The molecule has 0 radical (unpaired) electrons. The molecule has 3 nitrogen and oxygen atoms in total. The van der Waals surface area contributed by atoms with Crippen LogP contribution in [0.4, 0.5) is 17.1 Å². The zero-order valence-corrected chi connectivity index (χ0v) is 29.9. The summed E-state index contributed by atoms with van der Waals surface area (Å²) in [4.78, 5) is 2.44. The van der Waals surface area contributed by atoms with E-state index in [2.05, 4.69) is 204 Å². The average Bonchev–Trinajstić information content (AvgIpc) is 3.80. The standard InChI is InChI=1S/C52H34N2O/c1-2-16-36(17-3-1)39-21-6-10-26-45(39)53(37-32-33-51-44(34-37)42-23-9-13-31-50(42)55-51)48-29-15-30-49-52(48)43-24-8-12-28-47(43)54(49)46-27-11-7-22-41(46)40-25-14-19-35-18-4-5-20-38(35)40/h1-34H. The van der Waals surface area contributed by atoms with Crippen molar-refractivity contribution in [3.63, 3.8) is 0 Å². The van der Waals surface area contributed by atoms with Crippen molar-refractivity contribution in [2.75, 3.05) is 4.90 Å². The van der Waals surface area contributed by atoms with Crippen LogP contribution in [0.2, 0.25) is 0 Å². The minimum Gasteiger partial charge on any atom is -0.456 e. The zero-order valence-electron chi connectivity index (χ0n) is 29.9. The van der Waals surface area contributed by atoms with Crippen molar-refractivity contribution in [1.82, 2.24) is 4.57 Å². The number of nitrogens with zero attached hydrogens (tertiary/aromatic N) is 2. The summed E-state index contributed by atoms with van der Waals surface area (Å²) in [6, 6.07) is 74.0. The normalized spacial score (nSPS) is 11.6. The van der Waals surface area contributed by atoms with Crippen LogP contribution in [-0.2, 0) is 0 Å². The van der Waals surface area contributed by atoms with E-state index in [1.54, 1.807) is 0 Å². The molecule has 0 aliphatic rings. The van der Waals surface area contributed by atoms with Gasteiger partial charge in [-0.1, -0.05) is 152 Å². The van der Waals surface area contributed by atoms with Crippen molar-refractivity contribution in [3.05, 3.63) is 206 Å². The number of benzene rings is 9. The molecule has 0 aliphatic heterocycles. The molecule has 9 aromatic carbocycles. The fourth-order valence-corrected chi connectivity index (χ4v) is 8.59. The molecule has 258 valence electrons. The van der Waals surface area contributed by atoms with Crippen molar-refractivity contribution in [1.29, 1.82) is 0 Å². The Bertz CT molecular complexity index is 3220. The topological polar surface area (TPSA) is 21.3 Å². The van der Waals surface area contributed by atoms with Gasteiger partial charge >= 0.3 is 0 Å². The second kappa shape index (κ2) is 12.6. The van der Waals surface area contributed by atoms with Crippen LogP contribution in [0.25, 0.3) is 82.5 Å². The Balaban J connectivity index is 1.22. The highest BCUT2D eigenvalue weighted by Crippen LogP contribution is 2.48. The van der Waals surface area contributed by atoms with Crippen molar-refractivity contribution >= 4 is 71.6 Å². The van der Waals surface area contributed by atoms with Gasteiger partial charge in [0.1, 0.15) is 11.2 Å². The summed E-state index contributed by atoms with van der Waals surface area (Å²) < 4.78 is 8.78. The highest BCUT2D eigenvalue weighted by atomic mass is 16.3. The molecule has 0 saturated heterocycles. The number of furan rings is 1. The summed E-state index contributed by atoms with van der Waals surface area (Å²) in [5, 5.41) is 7.05. The second-order valence-corrected chi connectivity index (χ2v) is 14.1. The van der Waals surface area contributed by atoms with Gasteiger partial charge in [-0.05, 0) is 76.5 Å². The molecule has 0 atom stereocenters. The number of rotatable bonds is 6. The molecule has 0 saturated carbocycles. The van der Waals surface area contributed by atoms with Crippen LogP contribution in [0.5, 0.6) is 0 Å². The van der Waals surface area contributed by atoms with Crippen molar-refractivity contribution < 1.29 is 4.42 Å². The Kier molecular flexibility index (Phi) is 7.17. The van der Waals surface area contributed by atoms with Crippen LogP contribution in [0.3, 0.4) is 0 Å². The lowest BCUT2D eigenvalue weighted by Gasteiger charge is -2.29. The van der Waals surface area contributed by atoms with E-state index in [0.717, 1.165) is 66.8 Å². The molecule has 0 aliphatic carbocycles. The molecule has 0 unspecified atom stereocenters. The monoisotopic (exact) mass is 702 g/mol. The molecule has 0 fully saturated rings. The molecule has 0 amide bonds. The Hall–Kier alpha value is -7.36. The first kappa shape index (κ1) is 31.2. The maximum Gasteiger partial charge on any atom is 0.135 e. The van der Waals surface area contributed by atoms with Gasteiger partial charge in [0.25, 0.3) is 0 Å². The highest BCUT2D eigenvalue weighted by molar-refractivity contribution is 6.18. The van der Waals surface area contributed by atoms with Crippen molar-refractivity contribution in [3.8, 4) is 27.9 Å². The Labute approximate surface area is 318 Å². The highest BCUT2D eigenvalue weighted by Gasteiger charge is 2.24. The minimum absolute atomic E-state index is 0.876. The summed E-state index contributed by atoms with van der Waals surface area (Å²) in [7, 11) is 0. The van der Waals surface area contributed by atoms with E-state index in [4.69, 9.17) is 4.42 Å². The molecule has 3 heteroatoms. The van der Waals surface area contributed by atoms with Crippen LogP contribution < -0.4 is 4.90 Å². The van der Waals surface area contributed by atoms with E-state index in [-0.39, 0.29) is 0 Å². The van der Waals surface area contributed by atoms with Crippen LogP contribution in [0.15, 0.2) is 211 Å². The van der Waals surface area contributed by atoms with Gasteiger partial charge in [-0.25, -0.2) is 0 Å². The van der Waals surface area contributed by atoms with Gasteiger partial charge in [0, 0.05) is 38.4 Å². The quantitative estimate of drug-likeness (QED) is 0.172. The predicted octanol–water partition coefficient (Wildman–Crippen LogP) is 14.6. The third-order valence-corrected chi connectivity index (χ3v) is 11.0. The molecular formula is C52H34N2O. The van der Waals surface area contributed by atoms with Crippen LogP contribution in [0.1, 0.15) is 0 Å². The van der Waals surface area contributed by atoms with Gasteiger partial charge < -0.3 is 13.9 Å². The third kappa shape index (κ3) is 4.98. The van der Waals surface area contributed by atoms with Crippen molar-refractivity contribution in [2.24, 2.45) is 0 Å². The summed E-state index contributed by atoms with van der Waals surface area (Å²) >= 11 is 0. The summed E-state index contributed by atoms with van der Waals surface area (Å²) in [6.45, 7) is 0. The first-order chi connectivity index (χ1) is 27.3. The number of fused-ring (bicyclic) bond motifs is 7. The Morgan fingerprint density at radius 1 is 0.382 bits per heavy atom. The lowest BCUT2D eigenvalue weighted by Crippen LogP contribution is -2.11. The molecule has 11 rings (SSSR count). The summed E-state index contributed by atoms with van der Waals surface area (Å²) in [5.41, 5.74) is 13.2. The number of aromatic nitrogens is 1. The van der Waals surface area contributed by atoms with Gasteiger partial charge in [-0.3, -0.25) is 0 Å². The fraction of sp³-hybridized carbons (Fsp3) is 0. The van der Waals surface area contributed by atoms with Gasteiger partial charge in [0.2, 0.25) is 0 Å². The molecule has 0 spiro atoms. The van der Waals surface area contributed by atoms with E-state index in [1.807, 2.05) is 12.1 Å². The SMILES string of the molecule is c1ccc(-c2ccccc2N(c2ccc3oc4ccccc4c3c2)c2cccc3c2c2ccccc2n3-c2ccccc2-c2cccc3ccccc23)cc1. The molecule has 55 heavy (non-hydrogen) atoms. The third-order valence-electron chi connectivity index (χ3n) is 11.0. The summed E-state index contributed by atoms with van der Waals surface area (Å²) in [5.74, 6) is 0. The van der Waals surface area contributed by atoms with E-state index < -0.39 is 0 Å². The molecule has 11 aromatic rings. The molecular weight excluding hydrogens is 669 g/mol. The molecule has 0 N–H and O–H groups in total. The van der Waals surface area contributed by atoms with Gasteiger partial charge in [0.15, 0.2) is 0 Å². The number of anilines is 3. The van der Waals surface area contributed by atoms with Crippen LogP contribution >= 0.6 is 0 Å². The largest absolute Gasteiger partial charge is 0.456 e. The van der Waals surface area contributed by atoms with Gasteiger partial charge in [-0.15, -0.1) is 0 Å². The maximum atomic E-state index is 6.32. The van der Waals surface area contributed by atoms with E-state index in [1.165, 1.54) is 32.7 Å². The Morgan fingerprint density at radius 2 is 1.00 bits per heavy atom. The van der Waals surface area contributed by atoms with E-state index >= 15 is 0 Å². The van der Waals surface area contributed by atoms with Crippen LogP contribution in [0, 0.1) is 0 Å². The number of hydrogen-bond acceptors (Lipinski definition) is 2. The lowest BCUT2D eigenvalue weighted by molar-refractivity contribution is 0.669. The number of hydrogen-bond donors (Lipinski definition) is 0. The summed E-state index contributed by atoms with van der Waals surface area (Å²) in [6.07, 6.45) is 0. The van der Waals surface area contributed by atoms with Gasteiger partial charge in [-0.2, -0.15) is 0 Å². The maximum absolute atomic E-state index is 6.32. The average molecular weight is 703 g/mol. The lowest BCUT2D eigenvalue weighted by atomic mass is 9.97. The van der Waals surface area contributed by atoms with E-state index in [0.29, 0.717) is 0 Å². The zero-order chi connectivity index (χ0) is 36.3. The molecule has 2 heterocycles. The first-order valence-corrected chi connectivity index (χ1v) is 18.8. The van der Waals surface area contributed by atoms with Crippen LogP contribution in [-0.4, -0.2) is 4.57 Å². The first-order valence-electron chi connectivity index (χ1n) is 18.8. The second-order valence-electron chi connectivity index (χ2n) is 14.1. The number of para-hydroxylation sites is 4.